The summed E-state index contributed by atoms with van der Waals surface area (Å²) >= 11 is 0. The van der Waals surface area contributed by atoms with Crippen LogP contribution in [0.1, 0.15) is 11.1 Å². The van der Waals surface area contributed by atoms with Crippen LogP contribution in [0.25, 0.3) is 0 Å². The number of benzene rings is 1. The molecular formula is C8H6BrF3Mg. The summed E-state index contributed by atoms with van der Waals surface area (Å²) in [4.78, 5) is 0. The van der Waals surface area contributed by atoms with Crippen LogP contribution in [0.15, 0.2) is 24.3 Å². The summed E-state index contributed by atoms with van der Waals surface area (Å²) in [6.07, 6.45) is -4.24. The van der Waals surface area contributed by atoms with Gasteiger partial charge in [-0.25, -0.2) is 0 Å². The summed E-state index contributed by atoms with van der Waals surface area (Å²) in [5, 5.41) is 0. The monoisotopic (exact) mass is 262 g/mol. The number of hydrogen-bond acceptors (Lipinski definition) is 0. The van der Waals surface area contributed by atoms with E-state index in [1.165, 1.54) is 12.1 Å². The van der Waals surface area contributed by atoms with Crippen LogP contribution < -0.4 is 17.0 Å². The normalized spacial score (nSPS) is 9.77. The molecule has 0 heterocycles. The molecule has 5 heteroatoms. The summed E-state index contributed by atoms with van der Waals surface area (Å²) in [6, 6.07) is 4.70. The Morgan fingerprint density at radius 2 is 1.38 bits per heavy atom. The molecule has 0 spiro atoms. The SMILES string of the molecule is [Br-].[CH2-]c1ccc(C(F)(F)F)cc1.[Mg+2]. The first-order valence-corrected chi connectivity index (χ1v) is 2.99. The van der Waals surface area contributed by atoms with Crippen molar-refractivity contribution in [2.75, 3.05) is 0 Å². The third kappa shape index (κ3) is 4.78. The van der Waals surface area contributed by atoms with Crippen LogP contribution in [0.5, 0.6) is 0 Å². The standard InChI is InChI=1S/C8H6F3.BrH.Mg/c1-6-2-4-7(5-3-6)8(9,10)11;;/h2-5H,1H2;1H;/q-1;;+2/p-1. The van der Waals surface area contributed by atoms with Gasteiger partial charge in [0.2, 0.25) is 0 Å². The fourth-order valence-electron chi connectivity index (χ4n) is 0.694. The number of hydrogen-bond donors (Lipinski definition) is 0. The van der Waals surface area contributed by atoms with Crippen molar-refractivity contribution >= 4 is 23.1 Å². The Kier molecular flexibility index (Phi) is 6.92. The molecule has 1 rings (SSSR count). The minimum absolute atomic E-state index is 0. The predicted octanol–water partition coefficient (Wildman–Crippen LogP) is -0.489. The second-order valence-electron chi connectivity index (χ2n) is 2.19. The van der Waals surface area contributed by atoms with Gasteiger partial charge in [0.25, 0.3) is 0 Å². The summed E-state index contributed by atoms with van der Waals surface area (Å²) in [6.45, 7) is 3.48. The van der Waals surface area contributed by atoms with Crippen molar-refractivity contribution in [2.24, 2.45) is 0 Å². The third-order valence-corrected chi connectivity index (χ3v) is 1.28. The number of alkyl halides is 3. The minimum atomic E-state index is -4.24. The first-order chi connectivity index (χ1) is 5.00. The minimum Gasteiger partial charge on any atom is -1.00 e. The molecular weight excluding hydrogens is 257 g/mol. The summed E-state index contributed by atoms with van der Waals surface area (Å²) < 4.78 is 35.7. The van der Waals surface area contributed by atoms with Gasteiger partial charge in [0.05, 0.1) is 0 Å². The molecule has 0 fully saturated rings. The second-order valence-corrected chi connectivity index (χ2v) is 2.19. The van der Waals surface area contributed by atoms with Crippen LogP contribution in [0.2, 0.25) is 0 Å². The van der Waals surface area contributed by atoms with Crippen molar-refractivity contribution < 1.29 is 30.2 Å². The molecule has 1 aromatic carbocycles. The Labute approximate surface area is 101 Å². The van der Waals surface area contributed by atoms with E-state index in [4.69, 9.17) is 0 Å². The van der Waals surface area contributed by atoms with Crippen LogP contribution in [-0.4, -0.2) is 23.1 Å². The maximum atomic E-state index is 11.9. The molecule has 0 aliphatic rings. The van der Waals surface area contributed by atoms with Gasteiger partial charge in [-0.3, -0.25) is 0 Å². The van der Waals surface area contributed by atoms with Gasteiger partial charge in [-0.1, -0.05) is 0 Å². The third-order valence-electron chi connectivity index (χ3n) is 1.28. The number of rotatable bonds is 0. The van der Waals surface area contributed by atoms with Gasteiger partial charge in [0, 0.05) is 5.56 Å². The summed E-state index contributed by atoms with van der Waals surface area (Å²) in [7, 11) is 0. The maximum absolute atomic E-state index is 11.9. The van der Waals surface area contributed by atoms with E-state index in [-0.39, 0.29) is 40.0 Å². The summed E-state index contributed by atoms with van der Waals surface area (Å²) in [5.74, 6) is 0. The molecule has 0 aliphatic carbocycles. The molecule has 0 unspecified atom stereocenters. The number of halogens is 4. The van der Waals surface area contributed by atoms with E-state index in [1.807, 2.05) is 0 Å². The van der Waals surface area contributed by atoms with Gasteiger partial charge < -0.3 is 17.0 Å². The van der Waals surface area contributed by atoms with E-state index in [9.17, 15) is 13.2 Å². The van der Waals surface area contributed by atoms with E-state index >= 15 is 0 Å². The molecule has 0 N–H and O–H groups in total. The van der Waals surface area contributed by atoms with E-state index in [0.717, 1.165) is 12.1 Å². The molecule has 0 radical (unpaired) electrons. The Bertz CT molecular complexity index is 243. The Morgan fingerprint density at radius 1 is 1.00 bits per heavy atom. The van der Waals surface area contributed by atoms with Gasteiger partial charge in [-0.05, 0) is 0 Å². The first-order valence-electron chi connectivity index (χ1n) is 2.99. The van der Waals surface area contributed by atoms with Gasteiger partial charge in [-0.15, -0.1) is 12.1 Å². The average molecular weight is 263 g/mol. The van der Waals surface area contributed by atoms with Crippen LogP contribution in [-0.2, 0) is 6.18 Å². The maximum Gasteiger partial charge on any atom is 2.00 e. The van der Waals surface area contributed by atoms with E-state index in [0.29, 0.717) is 5.56 Å². The molecule has 0 aromatic heterocycles. The molecule has 0 nitrogen and oxygen atoms in total. The molecule has 68 valence electrons. The molecule has 0 amide bonds. The molecule has 0 atom stereocenters. The zero-order valence-electron chi connectivity index (χ0n) is 6.74. The molecule has 13 heavy (non-hydrogen) atoms. The van der Waals surface area contributed by atoms with Crippen LogP contribution in [0, 0.1) is 6.92 Å². The zero-order chi connectivity index (χ0) is 8.48. The molecule has 1 aromatic rings. The first kappa shape index (κ1) is 15.6. The van der Waals surface area contributed by atoms with Crippen molar-refractivity contribution in [3.05, 3.63) is 42.3 Å². The molecule has 0 bridgehead atoms. The van der Waals surface area contributed by atoms with E-state index in [1.54, 1.807) is 0 Å². The van der Waals surface area contributed by atoms with Gasteiger partial charge >= 0.3 is 29.2 Å². The van der Waals surface area contributed by atoms with Crippen molar-refractivity contribution in [3.8, 4) is 0 Å². The predicted molar refractivity (Wildman–Crippen MR) is 41.7 cm³/mol. The van der Waals surface area contributed by atoms with Crippen LogP contribution >= 0.6 is 0 Å². The summed E-state index contributed by atoms with van der Waals surface area (Å²) in [5.41, 5.74) is -0.0529. The second kappa shape index (κ2) is 5.77. The van der Waals surface area contributed by atoms with Gasteiger partial charge in [0.15, 0.2) is 0 Å². The molecule has 0 aliphatic heterocycles. The fraction of sp³-hybridized carbons (Fsp3) is 0.125. The Hall–Kier alpha value is 0.126. The van der Waals surface area contributed by atoms with Crippen molar-refractivity contribution in [1.29, 1.82) is 0 Å². The van der Waals surface area contributed by atoms with E-state index in [2.05, 4.69) is 6.92 Å². The largest absolute Gasteiger partial charge is 2.00 e. The van der Waals surface area contributed by atoms with Crippen molar-refractivity contribution in [3.63, 3.8) is 0 Å². The molecule has 0 saturated heterocycles. The van der Waals surface area contributed by atoms with Gasteiger partial charge in [0.1, 0.15) is 0 Å². The van der Waals surface area contributed by atoms with Crippen LogP contribution in [0.4, 0.5) is 13.2 Å². The topological polar surface area (TPSA) is 0 Å². The zero-order valence-corrected chi connectivity index (χ0v) is 9.74. The molecule has 0 saturated carbocycles. The van der Waals surface area contributed by atoms with E-state index < -0.39 is 11.7 Å². The Balaban J connectivity index is 0. The van der Waals surface area contributed by atoms with Crippen LogP contribution in [0.3, 0.4) is 0 Å². The quantitative estimate of drug-likeness (QED) is 0.438. The Morgan fingerprint density at radius 3 is 1.69 bits per heavy atom. The van der Waals surface area contributed by atoms with Gasteiger partial charge in [-0.2, -0.15) is 37.8 Å². The van der Waals surface area contributed by atoms with Crippen molar-refractivity contribution in [2.45, 2.75) is 6.18 Å². The average Bonchev–Trinajstić information content (AvgIpc) is 1.86. The van der Waals surface area contributed by atoms with Crippen molar-refractivity contribution in [1.82, 2.24) is 0 Å². The fourth-order valence-corrected chi connectivity index (χ4v) is 0.694. The smallest absolute Gasteiger partial charge is 1.00 e.